The van der Waals surface area contributed by atoms with Gasteiger partial charge in [-0.3, -0.25) is 0 Å². The van der Waals surface area contributed by atoms with Crippen molar-refractivity contribution in [3.8, 4) is 0 Å². The summed E-state index contributed by atoms with van der Waals surface area (Å²) in [6, 6.07) is 3.42. The minimum Gasteiger partial charge on any atom is -0.399 e. The molecule has 0 aliphatic rings. The van der Waals surface area contributed by atoms with Crippen LogP contribution in [0, 0.1) is 5.82 Å². The Bertz CT molecular complexity index is 462. The lowest BCUT2D eigenvalue weighted by molar-refractivity contribution is 0.204. The number of sulfonamides is 1. The molecule has 5 nitrogen and oxygen atoms in total. The Morgan fingerprint density at radius 3 is 2.75 bits per heavy atom. The topological polar surface area (TPSA) is 81.4 Å². The highest BCUT2D eigenvalue weighted by atomic mass is 32.2. The van der Waals surface area contributed by atoms with Crippen LogP contribution in [0.2, 0.25) is 0 Å². The summed E-state index contributed by atoms with van der Waals surface area (Å²) in [5, 5.41) is 0. The van der Waals surface area contributed by atoms with Gasteiger partial charge in [0, 0.05) is 19.3 Å². The molecule has 0 radical (unpaired) electrons. The first-order valence-electron chi connectivity index (χ1n) is 4.51. The van der Waals surface area contributed by atoms with Gasteiger partial charge in [-0.25, -0.2) is 17.5 Å². The molecular weight excluding hydrogens is 235 g/mol. The van der Waals surface area contributed by atoms with Crippen LogP contribution < -0.4 is 10.5 Å². The molecule has 0 heterocycles. The van der Waals surface area contributed by atoms with Crippen molar-refractivity contribution in [2.24, 2.45) is 0 Å². The van der Waals surface area contributed by atoms with Crippen LogP contribution in [-0.4, -0.2) is 28.7 Å². The number of rotatable bonds is 5. The van der Waals surface area contributed by atoms with Crippen molar-refractivity contribution >= 4 is 15.7 Å². The fourth-order valence-corrected chi connectivity index (χ4v) is 2.16. The first kappa shape index (κ1) is 12.9. The normalized spacial score (nSPS) is 11.6. The van der Waals surface area contributed by atoms with E-state index in [1.54, 1.807) is 0 Å². The Labute approximate surface area is 93.5 Å². The molecule has 0 saturated carbocycles. The van der Waals surface area contributed by atoms with Crippen molar-refractivity contribution in [3.63, 3.8) is 0 Å². The third-order valence-electron chi connectivity index (χ3n) is 1.84. The molecule has 16 heavy (non-hydrogen) atoms. The molecule has 0 fully saturated rings. The number of hydrogen-bond donors (Lipinski definition) is 2. The van der Waals surface area contributed by atoms with Crippen LogP contribution in [0.5, 0.6) is 0 Å². The largest absolute Gasteiger partial charge is 0.399 e. The van der Waals surface area contributed by atoms with Gasteiger partial charge in [-0.15, -0.1) is 0 Å². The fraction of sp³-hybridized carbons (Fsp3) is 0.333. The van der Waals surface area contributed by atoms with E-state index in [2.05, 4.69) is 9.46 Å². The van der Waals surface area contributed by atoms with Gasteiger partial charge in [0.15, 0.2) is 0 Å². The van der Waals surface area contributed by atoms with E-state index >= 15 is 0 Å². The molecule has 0 aliphatic heterocycles. The molecule has 0 aromatic heterocycles. The summed E-state index contributed by atoms with van der Waals surface area (Å²) >= 11 is 0. The lowest BCUT2D eigenvalue weighted by atomic mass is 10.3. The second-order valence-corrected chi connectivity index (χ2v) is 4.82. The van der Waals surface area contributed by atoms with Crippen LogP contribution in [-0.2, 0) is 14.8 Å². The Kier molecular flexibility index (Phi) is 4.22. The molecule has 0 aliphatic carbocycles. The van der Waals surface area contributed by atoms with E-state index in [4.69, 9.17) is 5.73 Å². The van der Waals surface area contributed by atoms with E-state index < -0.39 is 20.7 Å². The number of anilines is 1. The maximum absolute atomic E-state index is 13.3. The molecule has 0 spiro atoms. The Balaban J connectivity index is 2.90. The van der Waals surface area contributed by atoms with Crippen LogP contribution >= 0.6 is 0 Å². The van der Waals surface area contributed by atoms with Crippen molar-refractivity contribution in [2.75, 3.05) is 26.0 Å². The van der Waals surface area contributed by atoms with Crippen LogP contribution in [0.4, 0.5) is 10.1 Å². The first-order chi connectivity index (χ1) is 7.47. The molecule has 3 N–H and O–H groups in total. The molecule has 90 valence electrons. The highest BCUT2D eigenvalue weighted by Crippen LogP contribution is 2.16. The molecule has 0 atom stereocenters. The van der Waals surface area contributed by atoms with Gasteiger partial charge in [-0.2, -0.15) is 0 Å². The van der Waals surface area contributed by atoms with Crippen molar-refractivity contribution in [3.05, 3.63) is 24.0 Å². The highest BCUT2D eigenvalue weighted by Gasteiger charge is 2.18. The van der Waals surface area contributed by atoms with E-state index in [1.165, 1.54) is 13.2 Å². The van der Waals surface area contributed by atoms with E-state index in [9.17, 15) is 12.8 Å². The SMILES string of the molecule is COCCNS(=O)(=O)c1ccc(N)cc1F. The van der Waals surface area contributed by atoms with Crippen LogP contribution in [0.3, 0.4) is 0 Å². The maximum Gasteiger partial charge on any atom is 0.243 e. The number of ether oxygens (including phenoxy) is 1. The molecule has 0 unspecified atom stereocenters. The van der Waals surface area contributed by atoms with Crippen molar-refractivity contribution in [1.29, 1.82) is 0 Å². The number of nitrogens with two attached hydrogens (primary N) is 1. The minimum atomic E-state index is -3.84. The van der Waals surface area contributed by atoms with Crippen molar-refractivity contribution < 1.29 is 17.5 Å². The standard InChI is InChI=1S/C9H13FN2O3S/c1-15-5-4-12-16(13,14)9-3-2-7(11)6-8(9)10/h2-3,6,12H,4-5,11H2,1H3. The number of hydrogen-bond acceptors (Lipinski definition) is 4. The van der Waals surface area contributed by atoms with E-state index in [-0.39, 0.29) is 18.8 Å². The number of methoxy groups -OCH3 is 1. The second-order valence-electron chi connectivity index (χ2n) is 3.08. The Morgan fingerprint density at radius 1 is 1.50 bits per heavy atom. The second kappa shape index (κ2) is 5.24. The van der Waals surface area contributed by atoms with Gasteiger partial charge in [0.1, 0.15) is 10.7 Å². The zero-order valence-electron chi connectivity index (χ0n) is 8.73. The zero-order valence-corrected chi connectivity index (χ0v) is 9.55. The van der Waals surface area contributed by atoms with Gasteiger partial charge in [0.2, 0.25) is 10.0 Å². The van der Waals surface area contributed by atoms with Crippen molar-refractivity contribution in [1.82, 2.24) is 4.72 Å². The average molecular weight is 248 g/mol. The van der Waals surface area contributed by atoms with E-state index in [0.717, 1.165) is 12.1 Å². The van der Waals surface area contributed by atoms with Crippen LogP contribution in [0.25, 0.3) is 0 Å². The third-order valence-corrected chi connectivity index (χ3v) is 3.34. The number of nitrogens with one attached hydrogen (secondary N) is 1. The monoisotopic (exact) mass is 248 g/mol. The fourth-order valence-electron chi connectivity index (χ4n) is 1.09. The van der Waals surface area contributed by atoms with E-state index in [1.807, 2.05) is 0 Å². The molecule has 7 heteroatoms. The predicted molar refractivity (Wildman–Crippen MR) is 57.9 cm³/mol. The predicted octanol–water partition coefficient (Wildman–Crippen LogP) is 0.333. The number of halogens is 1. The number of benzene rings is 1. The molecule has 0 saturated heterocycles. The minimum absolute atomic E-state index is 0.0860. The molecular formula is C9H13FN2O3S. The van der Waals surface area contributed by atoms with Gasteiger partial charge >= 0.3 is 0 Å². The lowest BCUT2D eigenvalue weighted by Crippen LogP contribution is -2.27. The summed E-state index contributed by atoms with van der Waals surface area (Å²) in [4.78, 5) is -0.419. The van der Waals surface area contributed by atoms with E-state index in [0.29, 0.717) is 0 Å². The lowest BCUT2D eigenvalue weighted by Gasteiger charge is -2.07. The number of nitrogen functional groups attached to an aromatic ring is 1. The summed E-state index contributed by atoms with van der Waals surface area (Å²) in [5.74, 6) is -0.870. The smallest absolute Gasteiger partial charge is 0.243 e. The summed E-state index contributed by atoms with van der Waals surface area (Å²) < 4.78 is 43.4. The highest BCUT2D eigenvalue weighted by molar-refractivity contribution is 7.89. The third kappa shape index (κ3) is 3.16. The Morgan fingerprint density at radius 2 is 2.19 bits per heavy atom. The molecule has 1 rings (SSSR count). The summed E-state index contributed by atoms with van der Waals surface area (Å²) in [6.45, 7) is 0.304. The van der Waals surface area contributed by atoms with Crippen LogP contribution in [0.1, 0.15) is 0 Å². The summed E-state index contributed by atoms with van der Waals surface area (Å²) in [6.07, 6.45) is 0. The summed E-state index contributed by atoms with van der Waals surface area (Å²) in [5.41, 5.74) is 5.49. The maximum atomic E-state index is 13.3. The molecule has 0 bridgehead atoms. The average Bonchev–Trinajstić information content (AvgIpc) is 2.17. The van der Waals surface area contributed by atoms with Gasteiger partial charge in [0.25, 0.3) is 0 Å². The summed E-state index contributed by atoms with van der Waals surface area (Å²) in [7, 11) is -2.40. The van der Waals surface area contributed by atoms with Gasteiger partial charge < -0.3 is 10.5 Å². The van der Waals surface area contributed by atoms with Crippen LogP contribution in [0.15, 0.2) is 23.1 Å². The molecule has 1 aromatic carbocycles. The first-order valence-corrected chi connectivity index (χ1v) is 5.99. The molecule has 0 amide bonds. The van der Waals surface area contributed by atoms with Crippen molar-refractivity contribution in [2.45, 2.75) is 4.90 Å². The van der Waals surface area contributed by atoms with Gasteiger partial charge in [0.05, 0.1) is 6.61 Å². The quantitative estimate of drug-likeness (QED) is 0.581. The van der Waals surface area contributed by atoms with Gasteiger partial charge in [-0.05, 0) is 18.2 Å². The zero-order chi connectivity index (χ0) is 12.2. The van der Waals surface area contributed by atoms with Gasteiger partial charge in [-0.1, -0.05) is 0 Å². The molecule has 1 aromatic rings. The Hall–Kier alpha value is -1.18.